The molecule has 4 rings (SSSR count). The molecule has 0 aromatic heterocycles. The molecule has 0 saturated carbocycles. The first-order valence-electron chi connectivity index (χ1n) is 10.3. The molecule has 0 amide bonds. The van der Waals surface area contributed by atoms with Crippen LogP contribution in [0.4, 0.5) is 11.4 Å². The van der Waals surface area contributed by atoms with Crippen LogP contribution in [0.15, 0.2) is 63.3 Å². The Bertz CT molecular complexity index is 1530. The predicted octanol–water partition coefficient (Wildman–Crippen LogP) is 8.99. The molecule has 0 aliphatic heterocycles. The van der Waals surface area contributed by atoms with Gasteiger partial charge in [-0.15, -0.1) is 11.6 Å². The van der Waals surface area contributed by atoms with Crippen molar-refractivity contribution < 1.29 is 19.7 Å². The van der Waals surface area contributed by atoms with Crippen molar-refractivity contribution in [1.82, 2.24) is 0 Å². The number of nitrogen functional groups attached to an aromatic ring is 2. The van der Waals surface area contributed by atoms with Crippen molar-refractivity contribution in [2.45, 2.75) is 11.0 Å². The van der Waals surface area contributed by atoms with Gasteiger partial charge in [0.15, 0.2) is 5.60 Å². The van der Waals surface area contributed by atoms with Crippen LogP contribution in [0.1, 0.15) is 5.56 Å². The van der Waals surface area contributed by atoms with Crippen LogP contribution in [0.5, 0.6) is 23.0 Å². The largest absolute Gasteiger partial charge is 0.506 e. The van der Waals surface area contributed by atoms with Gasteiger partial charge in [0.25, 0.3) is 0 Å². The summed E-state index contributed by atoms with van der Waals surface area (Å²) in [5.41, 5.74) is 9.78. The van der Waals surface area contributed by atoms with Gasteiger partial charge in [0.05, 0.1) is 41.5 Å². The summed E-state index contributed by atoms with van der Waals surface area (Å²) in [6, 6.07) is 9.47. The molecule has 0 bridgehead atoms. The van der Waals surface area contributed by atoms with Gasteiger partial charge >= 0.3 is 0 Å². The zero-order valence-corrected chi connectivity index (χ0v) is 24.6. The van der Waals surface area contributed by atoms with E-state index in [4.69, 9.17) is 114 Å². The first-order valence-corrected chi connectivity index (χ1v) is 13.3. The fourth-order valence-corrected chi connectivity index (χ4v) is 5.97. The van der Waals surface area contributed by atoms with Gasteiger partial charge in [-0.05, 0) is 30.3 Å². The number of ether oxygens (including phenoxy) is 2. The van der Waals surface area contributed by atoms with Crippen LogP contribution in [0, 0.1) is 0 Å². The van der Waals surface area contributed by atoms with Crippen molar-refractivity contribution in [2.75, 3.05) is 11.5 Å². The number of halogens is 8. The first-order chi connectivity index (χ1) is 17.8. The second-order valence-corrected chi connectivity index (χ2v) is 11.0. The van der Waals surface area contributed by atoms with E-state index in [-0.39, 0.29) is 80.9 Å². The molecular formula is C24H14Cl8N2O4. The number of nitrogens with two attached hydrogens (primary N) is 2. The Morgan fingerprint density at radius 2 is 1.26 bits per heavy atom. The van der Waals surface area contributed by atoms with Crippen LogP contribution in [-0.4, -0.2) is 15.6 Å². The highest BCUT2D eigenvalue weighted by molar-refractivity contribution is 6.53. The van der Waals surface area contributed by atoms with Crippen LogP contribution in [-0.2, 0) is 5.60 Å². The molecule has 6 nitrogen and oxygen atoms in total. The lowest BCUT2D eigenvalue weighted by Gasteiger charge is -2.42. The van der Waals surface area contributed by atoms with Gasteiger partial charge in [-0.2, -0.15) is 0 Å². The Morgan fingerprint density at radius 1 is 0.711 bits per heavy atom. The van der Waals surface area contributed by atoms with E-state index in [1.807, 2.05) is 0 Å². The van der Waals surface area contributed by atoms with Crippen LogP contribution in [0.25, 0.3) is 0 Å². The second kappa shape index (κ2) is 11.0. The molecule has 6 N–H and O–H groups in total. The molecule has 0 fully saturated rings. The molecule has 2 atom stereocenters. The smallest absolute Gasteiger partial charge is 0.196 e. The maximum atomic E-state index is 9.90. The molecular weight excluding hydrogens is 664 g/mol. The summed E-state index contributed by atoms with van der Waals surface area (Å²) >= 11 is 52.6. The van der Waals surface area contributed by atoms with Crippen molar-refractivity contribution >= 4 is 104 Å². The van der Waals surface area contributed by atoms with E-state index in [9.17, 15) is 10.2 Å². The van der Waals surface area contributed by atoms with Gasteiger partial charge < -0.3 is 31.2 Å². The van der Waals surface area contributed by atoms with Crippen LogP contribution >= 0.6 is 92.8 Å². The lowest BCUT2D eigenvalue weighted by Crippen LogP contribution is -2.47. The number of hydrogen-bond acceptors (Lipinski definition) is 6. The molecule has 0 spiro atoms. The first kappa shape index (κ1) is 29.2. The molecule has 3 aromatic carbocycles. The number of allylic oxidation sites excluding steroid dienone is 2. The minimum atomic E-state index is -1.98. The third-order valence-corrected chi connectivity index (χ3v) is 9.20. The molecule has 14 heteroatoms. The third-order valence-electron chi connectivity index (χ3n) is 5.52. The Labute approximate surface area is 256 Å². The summed E-state index contributed by atoms with van der Waals surface area (Å²) < 4.78 is 12.4. The lowest BCUT2D eigenvalue weighted by atomic mass is 9.84. The third kappa shape index (κ3) is 4.98. The number of benzene rings is 3. The summed E-state index contributed by atoms with van der Waals surface area (Å²) in [5, 5.41) is 17.5. The highest BCUT2D eigenvalue weighted by atomic mass is 35.5. The van der Waals surface area contributed by atoms with Gasteiger partial charge in [0.2, 0.25) is 0 Å². The number of phenols is 2. The number of alkyl halides is 1. The molecule has 1 aliphatic carbocycles. The van der Waals surface area contributed by atoms with Crippen molar-refractivity contribution in [1.29, 1.82) is 0 Å². The standard InChI is InChI=1S/C24H14Cl8N2O4/c25-11-7-10(16(26)18(28)17(11)27)24(38-9-2-4-15(36)13(34)6-9)22(31)20(30)19(29)21(23(24)32)37-8-1-3-14(35)12(33)5-8/h1-7,23,35-36H,33-34H2. The average molecular weight is 678 g/mol. The Morgan fingerprint density at radius 3 is 1.84 bits per heavy atom. The van der Waals surface area contributed by atoms with E-state index in [1.54, 1.807) is 0 Å². The van der Waals surface area contributed by atoms with Gasteiger partial charge in [-0.25, -0.2) is 0 Å². The van der Waals surface area contributed by atoms with Gasteiger partial charge in [0, 0.05) is 17.7 Å². The minimum absolute atomic E-state index is 0.00291. The van der Waals surface area contributed by atoms with E-state index in [2.05, 4.69) is 0 Å². The normalized spacial score (nSPS) is 19.6. The molecule has 0 radical (unpaired) electrons. The molecule has 2 unspecified atom stereocenters. The van der Waals surface area contributed by atoms with E-state index in [1.165, 1.54) is 42.5 Å². The van der Waals surface area contributed by atoms with Crippen molar-refractivity contribution in [3.05, 3.63) is 89.0 Å². The molecule has 200 valence electrons. The van der Waals surface area contributed by atoms with Crippen molar-refractivity contribution in [3.63, 3.8) is 0 Å². The zero-order chi connectivity index (χ0) is 28.1. The zero-order valence-electron chi connectivity index (χ0n) is 18.5. The quantitative estimate of drug-likeness (QED) is 0.0706. The number of phenolic OH excluding ortho intramolecular Hbond substituents is 2. The number of aromatic hydroxyl groups is 2. The van der Waals surface area contributed by atoms with E-state index in [0.717, 1.165) is 0 Å². The van der Waals surface area contributed by atoms with Gasteiger partial charge in [0.1, 0.15) is 39.2 Å². The topological polar surface area (TPSA) is 111 Å². The van der Waals surface area contributed by atoms with E-state index < -0.39 is 11.0 Å². The Kier molecular flexibility index (Phi) is 8.49. The number of rotatable bonds is 5. The predicted molar refractivity (Wildman–Crippen MR) is 156 cm³/mol. The molecule has 0 heterocycles. The Hall–Kier alpha value is -1.74. The molecule has 38 heavy (non-hydrogen) atoms. The fraction of sp³-hybridized carbons (Fsp3) is 0.0833. The van der Waals surface area contributed by atoms with Gasteiger partial charge in [-0.3, -0.25) is 0 Å². The Balaban J connectivity index is 1.99. The van der Waals surface area contributed by atoms with Crippen molar-refractivity contribution in [3.8, 4) is 23.0 Å². The monoisotopic (exact) mass is 674 g/mol. The molecule has 3 aromatic rings. The van der Waals surface area contributed by atoms with Crippen LogP contribution in [0.3, 0.4) is 0 Å². The van der Waals surface area contributed by atoms with E-state index >= 15 is 0 Å². The summed E-state index contributed by atoms with van der Waals surface area (Å²) in [6.07, 6.45) is 0. The van der Waals surface area contributed by atoms with E-state index in [0.29, 0.717) is 0 Å². The maximum Gasteiger partial charge on any atom is 0.196 e. The average Bonchev–Trinajstić information content (AvgIpc) is 2.88. The summed E-state index contributed by atoms with van der Waals surface area (Å²) in [4.78, 5) is 0. The van der Waals surface area contributed by atoms with Crippen LogP contribution in [0.2, 0.25) is 20.1 Å². The maximum absolute atomic E-state index is 9.90. The highest BCUT2D eigenvalue weighted by Crippen LogP contribution is 2.56. The number of anilines is 2. The number of hydrogen-bond donors (Lipinski definition) is 4. The summed E-state index contributed by atoms with van der Waals surface area (Å²) in [5.74, 6) is -0.215. The molecule has 0 saturated heterocycles. The van der Waals surface area contributed by atoms with Crippen molar-refractivity contribution in [2.24, 2.45) is 0 Å². The summed E-state index contributed by atoms with van der Waals surface area (Å²) in [7, 11) is 0. The second-order valence-electron chi connectivity index (χ2n) is 7.90. The minimum Gasteiger partial charge on any atom is -0.506 e. The SMILES string of the molecule is Nc1cc(OC2=C(Cl)C(Cl)=C(Cl)C(Oc3ccc(O)c(N)c3)(c3cc(Cl)c(Cl)c(Cl)c3Cl)C2Cl)ccc1O. The highest BCUT2D eigenvalue weighted by Gasteiger charge is 2.55. The fourth-order valence-electron chi connectivity index (χ4n) is 3.63. The van der Waals surface area contributed by atoms with Crippen LogP contribution < -0.4 is 20.9 Å². The summed E-state index contributed by atoms with van der Waals surface area (Å²) in [6.45, 7) is 0. The molecule has 1 aliphatic rings. The lowest BCUT2D eigenvalue weighted by molar-refractivity contribution is 0.104. The van der Waals surface area contributed by atoms with Gasteiger partial charge in [-0.1, -0.05) is 81.2 Å².